The highest BCUT2D eigenvalue weighted by atomic mass is 16.5. The topological polar surface area (TPSA) is 75.6 Å². The Kier molecular flexibility index (Phi) is 3.93. The Balaban J connectivity index is 1.30. The Hall–Kier alpha value is -2.82. The number of amides is 1. The molecule has 2 aromatic rings. The Morgan fingerprint density at radius 1 is 1.07 bits per heavy atom. The average molecular weight is 377 g/mol. The quantitative estimate of drug-likeness (QED) is 0.820. The summed E-state index contributed by atoms with van der Waals surface area (Å²) in [6, 6.07) is 15.4. The lowest BCUT2D eigenvalue weighted by Gasteiger charge is -2.42. The zero-order valence-electron chi connectivity index (χ0n) is 15.6. The molecular formula is C23H23NO4. The molecule has 0 heterocycles. The van der Waals surface area contributed by atoms with Gasteiger partial charge in [-0.1, -0.05) is 48.5 Å². The molecule has 2 bridgehead atoms. The van der Waals surface area contributed by atoms with Gasteiger partial charge in [0, 0.05) is 11.3 Å². The molecule has 2 N–H and O–H groups in total. The fourth-order valence-electron chi connectivity index (χ4n) is 5.60. The largest absolute Gasteiger partial charge is 0.480 e. The number of ether oxygens (including phenoxy) is 1. The number of fused-ring (bicyclic) bond motifs is 4. The van der Waals surface area contributed by atoms with Crippen LogP contribution in [-0.4, -0.2) is 29.8 Å². The molecule has 0 saturated heterocycles. The standard InChI is InChI=1S/C23H23NO4/c25-21(26)20(23-10-9-14(11-23)12-23)24-22(27)28-13-19-17-7-3-1-5-15(17)16-6-2-4-8-18(16)19/h1-8,14,19-20H,9-13H2,(H,24,27)(H,25,26). The van der Waals surface area contributed by atoms with Gasteiger partial charge in [0.15, 0.2) is 0 Å². The minimum Gasteiger partial charge on any atom is -0.480 e. The summed E-state index contributed by atoms with van der Waals surface area (Å²) < 4.78 is 5.53. The van der Waals surface area contributed by atoms with Crippen molar-refractivity contribution in [2.45, 2.75) is 37.6 Å². The maximum absolute atomic E-state index is 12.5. The third kappa shape index (κ3) is 2.60. The summed E-state index contributed by atoms with van der Waals surface area (Å²) in [7, 11) is 0. The SMILES string of the molecule is O=C(NC(C(=O)O)C12CCC(C1)C2)OCC1c2ccccc2-c2ccccc21. The summed E-state index contributed by atoms with van der Waals surface area (Å²) in [5, 5.41) is 12.3. The van der Waals surface area contributed by atoms with Gasteiger partial charge in [-0.15, -0.1) is 0 Å². The molecule has 2 aromatic carbocycles. The van der Waals surface area contributed by atoms with Crippen LogP contribution >= 0.6 is 0 Å². The number of rotatable bonds is 5. The first kappa shape index (κ1) is 17.3. The molecule has 3 fully saturated rings. The van der Waals surface area contributed by atoms with Crippen molar-refractivity contribution in [2.24, 2.45) is 11.3 Å². The highest BCUT2D eigenvalue weighted by Crippen LogP contribution is 2.60. The summed E-state index contributed by atoms with van der Waals surface area (Å²) in [6.07, 6.45) is 3.09. The number of hydrogen-bond donors (Lipinski definition) is 2. The first-order valence-corrected chi connectivity index (χ1v) is 9.92. The van der Waals surface area contributed by atoms with Crippen LogP contribution in [0.2, 0.25) is 0 Å². The maximum Gasteiger partial charge on any atom is 0.407 e. The summed E-state index contributed by atoms with van der Waals surface area (Å²) in [6.45, 7) is 0.196. The van der Waals surface area contributed by atoms with Gasteiger partial charge in [-0.05, 0) is 53.9 Å². The lowest BCUT2D eigenvalue weighted by Crippen LogP contribution is -2.54. The molecule has 4 aliphatic carbocycles. The number of nitrogens with one attached hydrogen (secondary N) is 1. The van der Waals surface area contributed by atoms with Crippen molar-refractivity contribution in [3.63, 3.8) is 0 Å². The van der Waals surface area contributed by atoms with E-state index < -0.39 is 18.1 Å². The van der Waals surface area contributed by atoms with E-state index >= 15 is 0 Å². The second-order valence-electron chi connectivity index (χ2n) is 8.42. The molecule has 1 unspecified atom stereocenters. The van der Waals surface area contributed by atoms with Crippen molar-refractivity contribution < 1.29 is 19.4 Å². The van der Waals surface area contributed by atoms with Crippen LogP contribution in [0.3, 0.4) is 0 Å². The lowest BCUT2D eigenvalue weighted by molar-refractivity contribution is -0.144. The molecule has 1 amide bonds. The predicted molar refractivity (Wildman–Crippen MR) is 104 cm³/mol. The third-order valence-electron chi connectivity index (χ3n) is 6.91. The van der Waals surface area contributed by atoms with E-state index in [-0.39, 0.29) is 17.9 Å². The van der Waals surface area contributed by atoms with Gasteiger partial charge in [-0.3, -0.25) is 0 Å². The second kappa shape index (κ2) is 6.36. The van der Waals surface area contributed by atoms with Crippen molar-refractivity contribution in [1.29, 1.82) is 0 Å². The van der Waals surface area contributed by atoms with E-state index in [0.29, 0.717) is 5.92 Å². The van der Waals surface area contributed by atoms with Crippen molar-refractivity contribution >= 4 is 12.1 Å². The molecule has 1 atom stereocenters. The summed E-state index contributed by atoms with van der Waals surface area (Å²) in [5.74, 6) is -0.362. The van der Waals surface area contributed by atoms with Gasteiger partial charge in [-0.25, -0.2) is 9.59 Å². The molecule has 5 nitrogen and oxygen atoms in total. The number of hydrogen-bond acceptors (Lipinski definition) is 3. The third-order valence-corrected chi connectivity index (χ3v) is 6.91. The number of carbonyl (C=O) groups is 2. The van der Waals surface area contributed by atoms with Crippen LogP contribution in [0, 0.1) is 11.3 Å². The molecular weight excluding hydrogens is 354 g/mol. The van der Waals surface area contributed by atoms with Crippen LogP contribution in [0.25, 0.3) is 11.1 Å². The average Bonchev–Trinajstić information content (AvgIpc) is 3.36. The number of alkyl carbamates (subject to hydrolysis) is 1. The molecule has 0 spiro atoms. The van der Waals surface area contributed by atoms with E-state index in [2.05, 4.69) is 29.6 Å². The Morgan fingerprint density at radius 2 is 1.68 bits per heavy atom. The van der Waals surface area contributed by atoms with Crippen LogP contribution in [0.5, 0.6) is 0 Å². The second-order valence-corrected chi connectivity index (χ2v) is 8.42. The highest BCUT2D eigenvalue weighted by Gasteiger charge is 2.57. The molecule has 28 heavy (non-hydrogen) atoms. The van der Waals surface area contributed by atoms with Crippen LogP contribution in [0.4, 0.5) is 4.79 Å². The van der Waals surface area contributed by atoms with E-state index in [9.17, 15) is 14.7 Å². The van der Waals surface area contributed by atoms with Crippen LogP contribution in [0.15, 0.2) is 48.5 Å². The van der Waals surface area contributed by atoms with Crippen molar-refractivity contribution in [2.75, 3.05) is 6.61 Å². The Bertz CT molecular complexity index is 896. The zero-order valence-corrected chi connectivity index (χ0v) is 15.6. The number of carboxylic acids is 1. The highest BCUT2D eigenvalue weighted by molar-refractivity contribution is 5.82. The molecule has 3 saturated carbocycles. The van der Waals surface area contributed by atoms with E-state index in [1.807, 2.05) is 24.3 Å². The fraction of sp³-hybridized carbons (Fsp3) is 0.391. The molecule has 5 heteroatoms. The summed E-state index contributed by atoms with van der Waals surface area (Å²) in [5.41, 5.74) is 4.34. The molecule has 4 aliphatic rings. The van der Waals surface area contributed by atoms with Gasteiger partial charge >= 0.3 is 12.1 Å². The van der Waals surface area contributed by atoms with Crippen LogP contribution in [0.1, 0.15) is 42.7 Å². The van der Waals surface area contributed by atoms with Gasteiger partial charge < -0.3 is 15.2 Å². The van der Waals surface area contributed by atoms with Gasteiger partial charge in [0.2, 0.25) is 0 Å². The summed E-state index contributed by atoms with van der Waals surface area (Å²) >= 11 is 0. The first-order valence-electron chi connectivity index (χ1n) is 9.92. The molecule has 0 aliphatic heterocycles. The molecule has 144 valence electrons. The summed E-state index contributed by atoms with van der Waals surface area (Å²) in [4.78, 5) is 24.2. The number of carbonyl (C=O) groups excluding carboxylic acids is 1. The first-order chi connectivity index (χ1) is 13.6. The van der Waals surface area contributed by atoms with Gasteiger partial charge in [0.25, 0.3) is 0 Å². The predicted octanol–water partition coefficient (Wildman–Crippen LogP) is 4.17. The van der Waals surface area contributed by atoms with E-state index in [0.717, 1.165) is 36.8 Å². The normalized spacial score (nSPS) is 25.4. The Morgan fingerprint density at radius 3 is 2.21 bits per heavy atom. The smallest absolute Gasteiger partial charge is 0.407 e. The van der Waals surface area contributed by atoms with Gasteiger partial charge in [0.1, 0.15) is 12.6 Å². The number of aliphatic carboxylic acids is 1. The lowest BCUT2D eigenvalue weighted by atomic mass is 9.65. The van der Waals surface area contributed by atoms with E-state index in [1.165, 1.54) is 11.1 Å². The van der Waals surface area contributed by atoms with E-state index in [4.69, 9.17) is 4.74 Å². The minimum absolute atomic E-state index is 0.0286. The molecule has 0 aromatic heterocycles. The van der Waals surface area contributed by atoms with Gasteiger partial charge in [-0.2, -0.15) is 0 Å². The van der Waals surface area contributed by atoms with Crippen molar-refractivity contribution in [3.8, 4) is 11.1 Å². The van der Waals surface area contributed by atoms with Gasteiger partial charge in [0.05, 0.1) is 0 Å². The number of carboxylic acid groups (broad SMARTS) is 1. The monoisotopic (exact) mass is 377 g/mol. The number of benzene rings is 2. The molecule has 6 rings (SSSR count). The molecule has 0 radical (unpaired) electrons. The Labute approximate surface area is 163 Å². The van der Waals surface area contributed by atoms with Crippen LogP contribution < -0.4 is 5.32 Å². The zero-order chi connectivity index (χ0) is 19.3. The van der Waals surface area contributed by atoms with E-state index in [1.54, 1.807) is 0 Å². The maximum atomic E-state index is 12.5. The fourth-order valence-corrected chi connectivity index (χ4v) is 5.60. The van der Waals surface area contributed by atoms with Crippen LogP contribution in [-0.2, 0) is 9.53 Å². The minimum atomic E-state index is -0.964. The van der Waals surface area contributed by atoms with Crippen molar-refractivity contribution in [1.82, 2.24) is 5.32 Å². The van der Waals surface area contributed by atoms with Crippen molar-refractivity contribution in [3.05, 3.63) is 59.7 Å².